The second kappa shape index (κ2) is 13.6. The molecule has 2 heterocycles. The van der Waals surface area contributed by atoms with E-state index in [4.69, 9.17) is 4.74 Å². The lowest BCUT2D eigenvalue weighted by Crippen LogP contribution is -2.26. The van der Waals surface area contributed by atoms with Crippen LogP contribution in [-0.4, -0.2) is 55.4 Å². The van der Waals surface area contributed by atoms with Crippen molar-refractivity contribution in [2.45, 2.75) is 43.2 Å². The van der Waals surface area contributed by atoms with Crippen molar-refractivity contribution >= 4 is 51.8 Å². The fourth-order valence-corrected chi connectivity index (χ4v) is 6.05. The third-order valence-electron chi connectivity index (χ3n) is 5.74. The molecule has 10 nitrogen and oxygen atoms in total. The average Bonchev–Trinajstić information content (AvgIpc) is 3.55. The van der Waals surface area contributed by atoms with Crippen LogP contribution in [0.2, 0.25) is 0 Å². The maximum atomic E-state index is 12.7. The number of thioether (sulfide) groups is 2. The maximum Gasteiger partial charge on any atom is 0.236 e. The number of benzene rings is 2. The molecular weight excluding hydrogens is 555 g/mol. The fraction of sp³-hybridized carbons (Fsp3) is 0.308. The van der Waals surface area contributed by atoms with Gasteiger partial charge in [0.15, 0.2) is 15.3 Å². The van der Waals surface area contributed by atoms with Gasteiger partial charge >= 0.3 is 0 Å². The largest absolute Gasteiger partial charge is 0.497 e. The Labute approximate surface area is 239 Å². The van der Waals surface area contributed by atoms with E-state index in [1.54, 1.807) is 18.9 Å². The molecule has 0 fully saturated rings. The number of hydrogen-bond acceptors (Lipinski definition) is 10. The minimum atomic E-state index is -0.214. The Morgan fingerprint density at radius 2 is 1.79 bits per heavy atom. The van der Waals surface area contributed by atoms with Gasteiger partial charge in [-0.15, -0.1) is 20.4 Å². The highest BCUT2D eigenvalue weighted by Gasteiger charge is 2.19. The van der Waals surface area contributed by atoms with Gasteiger partial charge in [-0.25, -0.2) is 0 Å². The van der Waals surface area contributed by atoms with Crippen LogP contribution < -0.4 is 15.4 Å². The van der Waals surface area contributed by atoms with Crippen LogP contribution in [-0.2, 0) is 22.6 Å². The molecule has 0 radical (unpaired) electrons. The van der Waals surface area contributed by atoms with Crippen LogP contribution in [0.1, 0.15) is 29.4 Å². The molecule has 0 aliphatic rings. The number of nitrogens with zero attached hydrogens (tertiary/aromatic N) is 5. The first-order valence-electron chi connectivity index (χ1n) is 12.2. The normalized spacial score (nSPS) is 10.9. The first kappa shape index (κ1) is 28.6. The van der Waals surface area contributed by atoms with E-state index in [2.05, 4.69) is 31.0 Å². The van der Waals surface area contributed by atoms with Crippen molar-refractivity contribution < 1.29 is 14.3 Å². The van der Waals surface area contributed by atoms with Gasteiger partial charge in [0.25, 0.3) is 0 Å². The van der Waals surface area contributed by atoms with E-state index >= 15 is 0 Å². The minimum absolute atomic E-state index is 0.114. The van der Waals surface area contributed by atoms with Gasteiger partial charge in [-0.05, 0) is 54.5 Å². The zero-order valence-electron chi connectivity index (χ0n) is 22.1. The Bertz CT molecular complexity index is 1440. The topological polar surface area (TPSA) is 124 Å². The molecular formula is C26H29N7O3S3. The van der Waals surface area contributed by atoms with Crippen LogP contribution >= 0.6 is 34.9 Å². The second-order valence-corrected chi connectivity index (χ2v) is 11.8. The van der Waals surface area contributed by atoms with Gasteiger partial charge in [-0.1, -0.05) is 66.0 Å². The Morgan fingerprint density at radius 1 is 1.00 bits per heavy atom. The van der Waals surface area contributed by atoms with Crippen molar-refractivity contribution in [3.63, 3.8) is 0 Å². The minimum Gasteiger partial charge on any atom is -0.497 e. The van der Waals surface area contributed by atoms with Crippen molar-refractivity contribution in [3.05, 3.63) is 65.0 Å². The van der Waals surface area contributed by atoms with E-state index in [-0.39, 0.29) is 30.5 Å². The van der Waals surface area contributed by atoms with Gasteiger partial charge in [-0.3, -0.25) is 19.5 Å². The number of anilines is 1. The molecule has 204 valence electrons. The van der Waals surface area contributed by atoms with E-state index in [0.717, 1.165) is 38.2 Å². The zero-order chi connectivity index (χ0) is 27.8. The molecule has 4 aromatic rings. The number of carbonyl (C=O) groups is 2. The van der Waals surface area contributed by atoms with Crippen LogP contribution in [0.3, 0.4) is 0 Å². The molecule has 0 bridgehead atoms. The molecule has 0 saturated carbocycles. The number of nitrogens with one attached hydrogen (secondary N) is 2. The van der Waals surface area contributed by atoms with Crippen LogP contribution in [0, 0.1) is 13.8 Å². The molecule has 39 heavy (non-hydrogen) atoms. The van der Waals surface area contributed by atoms with Crippen molar-refractivity contribution in [2.75, 3.05) is 23.9 Å². The fourth-order valence-electron chi connectivity index (χ4n) is 3.62. The number of aromatic nitrogens is 5. The zero-order valence-corrected chi connectivity index (χ0v) is 24.5. The molecule has 2 amide bonds. The highest BCUT2D eigenvalue weighted by molar-refractivity contribution is 8.01. The number of rotatable bonds is 12. The first-order valence-corrected chi connectivity index (χ1v) is 15.0. The summed E-state index contributed by atoms with van der Waals surface area (Å²) in [5.41, 5.74) is 3.95. The quantitative estimate of drug-likeness (QED) is 0.184. The van der Waals surface area contributed by atoms with E-state index in [1.165, 1.54) is 23.1 Å². The Kier molecular flexibility index (Phi) is 9.96. The van der Waals surface area contributed by atoms with Crippen LogP contribution in [0.5, 0.6) is 5.75 Å². The highest BCUT2D eigenvalue weighted by atomic mass is 32.2. The summed E-state index contributed by atoms with van der Waals surface area (Å²) in [5, 5.41) is 23.6. The van der Waals surface area contributed by atoms with Crippen molar-refractivity contribution in [1.82, 2.24) is 30.3 Å². The van der Waals surface area contributed by atoms with Crippen molar-refractivity contribution in [3.8, 4) is 11.4 Å². The number of hydrogen-bond donors (Lipinski definition) is 2. The van der Waals surface area contributed by atoms with Gasteiger partial charge in [0.1, 0.15) is 5.75 Å². The van der Waals surface area contributed by atoms with Crippen molar-refractivity contribution in [1.29, 1.82) is 0 Å². The molecule has 0 aliphatic heterocycles. The molecule has 2 aromatic heterocycles. The summed E-state index contributed by atoms with van der Waals surface area (Å²) in [6.07, 6.45) is 0.230. The lowest BCUT2D eigenvalue weighted by atomic mass is 10.1. The summed E-state index contributed by atoms with van der Waals surface area (Å²) >= 11 is 4.19. The number of methoxy groups -OCH3 is 1. The number of aryl methyl sites for hydroxylation is 1. The summed E-state index contributed by atoms with van der Waals surface area (Å²) in [5.74, 6) is 1.96. The van der Waals surface area contributed by atoms with E-state index in [0.29, 0.717) is 16.1 Å². The van der Waals surface area contributed by atoms with Gasteiger partial charge < -0.3 is 10.1 Å². The summed E-state index contributed by atoms with van der Waals surface area (Å²) in [7, 11) is 1.60. The molecule has 0 atom stereocenters. The predicted octanol–water partition coefficient (Wildman–Crippen LogP) is 4.45. The summed E-state index contributed by atoms with van der Waals surface area (Å²) < 4.78 is 7.89. The molecule has 2 N–H and O–H groups in total. The Hall–Kier alpha value is -3.42. The summed E-state index contributed by atoms with van der Waals surface area (Å²) in [6.45, 7) is 6.28. The molecule has 0 unspecified atom stereocenters. The second-order valence-electron chi connectivity index (χ2n) is 8.40. The van der Waals surface area contributed by atoms with Crippen LogP contribution in [0.4, 0.5) is 5.13 Å². The predicted molar refractivity (Wildman–Crippen MR) is 155 cm³/mol. The van der Waals surface area contributed by atoms with E-state index in [1.807, 2.05) is 67.8 Å². The van der Waals surface area contributed by atoms with Gasteiger partial charge in [0.05, 0.1) is 31.5 Å². The number of carbonyl (C=O) groups excluding carboxylic acids is 2. The van der Waals surface area contributed by atoms with Gasteiger partial charge in [-0.2, -0.15) is 0 Å². The van der Waals surface area contributed by atoms with Crippen LogP contribution in [0.15, 0.2) is 52.0 Å². The monoisotopic (exact) mass is 583 g/mol. The third-order valence-corrected chi connectivity index (χ3v) is 8.52. The smallest absolute Gasteiger partial charge is 0.236 e. The molecule has 4 rings (SSSR count). The Balaban J connectivity index is 1.46. The van der Waals surface area contributed by atoms with E-state index < -0.39 is 0 Å². The van der Waals surface area contributed by atoms with Gasteiger partial charge in [0, 0.05) is 0 Å². The highest BCUT2D eigenvalue weighted by Crippen LogP contribution is 2.27. The lowest BCUT2D eigenvalue weighted by molar-refractivity contribution is -0.120. The summed E-state index contributed by atoms with van der Waals surface area (Å²) in [6, 6.07) is 13.4. The average molecular weight is 584 g/mol. The molecule has 2 aromatic carbocycles. The lowest BCUT2D eigenvalue weighted by Gasteiger charge is -2.14. The Morgan fingerprint density at radius 3 is 2.54 bits per heavy atom. The van der Waals surface area contributed by atoms with Crippen LogP contribution in [0.25, 0.3) is 5.69 Å². The van der Waals surface area contributed by atoms with E-state index in [9.17, 15) is 9.59 Å². The molecule has 0 saturated heterocycles. The standard InChI is InChI=1S/C26H29N7O3S3/c1-5-37-26-32-30-24(39-26)28-23(35)15-38-25-31-29-21(33(25)20-8-6-7-16(2)17(20)3)14-27-22(34)13-18-9-11-19(36-4)12-10-18/h6-12H,5,13-15H2,1-4H3,(H,27,34)(H,28,30,35). The number of amides is 2. The maximum absolute atomic E-state index is 12.7. The SMILES string of the molecule is CCSc1nnc(NC(=O)CSc2nnc(CNC(=O)Cc3ccc(OC)cc3)n2-c2cccc(C)c2C)s1. The molecule has 13 heteroatoms. The van der Waals surface area contributed by atoms with Crippen molar-refractivity contribution in [2.24, 2.45) is 0 Å². The first-order chi connectivity index (χ1) is 18.9. The van der Waals surface area contributed by atoms with Gasteiger partial charge in [0.2, 0.25) is 16.9 Å². The summed E-state index contributed by atoms with van der Waals surface area (Å²) in [4.78, 5) is 25.3. The third kappa shape index (κ3) is 7.58. The molecule has 0 spiro atoms. The molecule has 0 aliphatic carbocycles. The number of ether oxygens (including phenoxy) is 1.